The van der Waals surface area contributed by atoms with Crippen LogP contribution < -0.4 is 16.6 Å². The third kappa shape index (κ3) is 2.34. The van der Waals surface area contributed by atoms with Crippen LogP contribution in [-0.2, 0) is 4.79 Å². The lowest BCUT2D eigenvalue weighted by Gasteiger charge is -2.23. The first-order chi connectivity index (χ1) is 5.20. The van der Waals surface area contributed by atoms with E-state index in [-0.39, 0.29) is 16.9 Å². The van der Waals surface area contributed by atoms with Gasteiger partial charge in [-0.3, -0.25) is 15.6 Å². The lowest BCUT2D eigenvalue weighted by Crippen LogP contribution is -2.47. The van der Waals surface area contributed by atoms with Gasteiger partial charge in [0.15, 0.2) is 5.11 Å². The summed E-state index contributed by atoms with van der Waals surface area (Å²) >= 11 is 4.51. The summed E-state index contributed by atoms with van der Waals surface area (Å²) in [4.78, 5) is 11.0. The molecule has 0 aliphatic heterocycles. The van der Waals surface area contributed by atoms with Gasteiger partial charge in [-0.15, -0.1) is 0 Å². The summed E-state index contributed by atoms with van der Waals surface area (Å²) in [6.07, 6.45) is 3.10. The maximum Gasteiger partial charge on any atom is 0.241 e. The highest BCUT2D eigenvalue weighted by molar-refractivity contribution is 7.80. The quantitative estimate of drug-likeness (QED) is 0.374. The van der Waals surface area contributed by atoms with Gasteiger partial charge in [-0.05, 0) is 25.1 Å². The number of rotatable bonds is 1. The first-order valence-corrected chi connectivity index (χ1v) is 3.96. The molecule has 0 spiro atoms. The number of amides is 1. The summed E-state index contributed by atoms with van der Waals surface area (Å²) in [6, 6.07) is 0. The molecular weight excluding hydrogens is 162 g/mol. The second-order valence-electron chi connectivity index (χ2n) is 2.61. The van der Waals surface area contributed by atoms with E-state index in [0.717, 1.165) is 19.3 Å². The molecule has 0 saturated heterocycles. The molecule has 0 radical (unpaired) electrons. The fourth-order valence-electron chi connectivity index (χ4n) is 0.896. The van der Waals surface area contributed by atoms with Crippen molar-refractivity contribution in [2.45, 2.75) is 19.3 Å². The summed E-state index contributed by atoms with van der Waals surface area (Å²) in [6.45, 7) is 0. The Kier molecular flexibility index (Phi) is 2.64. The molecule has 0 atom stereocenters. The van der Waals surface area contributed by atoms with Gasteiger partial charge in [0.25, 0.3) is 0 Å². The van der Waals surface area contributed by atoms with Crippen molar-refractivity contribution in [3.05, 3.63) is 0 Å². The van der Waals surface area contributed by atoms with Crippen LogP contribution in [-0.4, -0.2) is 11.0 Å². The molecule has 5 heteroatoms. The zero-order chi connectivity index (χ0) is 8.27. The normalized spacial score (nSPS) is 16.7. The molecule has 62 valence electrons. The van der Waals surface area contributed by atoms with E-state index in [1.807, 2.05) is 0 Å². The molecule has 1 amide bonds. The summed E-state index contributed by atoms with van der Waals surface area (Å²) in [5.41, 5.74) is 9.94. The zero-order valence-corrected chi connectivity index (χ0v) is 6.91. The van der Waals surface area contributed by atoms with Crippen molar-refractivity contribution in [2.24, 2.45) is 11.7 Å². The van der Waals surface area contributed by atoms with Gasteiger partial charge in [0.05, 0.1) is 0 Å². The SMILES string of the molecule is NC(=S)NNC(=O)C1CCC1. The van der Waals surface area contributed by atoms with Crippen molar-refractivity contribution in [1.29, 1.82) is 0 Å². The van der Waals surface area contributed by atoms with Gasteiger partial charge in [-0.2, -0.15) is 0 Å². The fraction of sp³-hybridized carbons (Fsp3) is 0.667. The molecule has 1 aliphatic rings. The van der Waals surface area contributed by atoms with E-state index in [9.17, 15) is 4.79 Å². The Hall–Kier alpha value is -0.840. The predicted molar refractivity (Wildman–Crippen MR) is 45.4 cm³/mol. The van der Waals surface area contributed by atoms with Gasteiger partial charge in [0, 0.05) is 5.92 Å². The van der Waals surface area contributed by atoms with Crippen LogP contribution >= 0.6 is 12.2 Å². The topological polar surface area (TPSA) is 67.2 Å². The number of hydrogen-bond acceptors (Lipinski definition) is 2. The Morgan fingerprint density at radius 1 is 1.45 bits per heavy atom. The molecule has 4 N–H and O–H groups in total. The summed E-state index contributed by atoms with van der Waals surface area (Å²) in [5, 5.41) is 0.0951. The minimum Gasteiger partial charge on any atom is -0.375 e. The van der Waals surface area contributed by atoms with E-state index in [0.29, 0.717) is 0 Å². The van der Waals surface area contributed by atoms with E-state index >= 15 is 0 Å². The largest absolute Gasteiger partial charge is 0.375 e. The smallest absolute Gasteiger partial charge is 0.241 e. The van der Waals surface area contributed by atoms with Gasteiger partial charge in [-0.25, -0.2) is 0 Å². The fourth-order valence-corrected chi connectivity index (χ4v) is 0.947. The number of nitrogens with one attached hydrogen (secondary N) is 2. The Labute approximate surface area is 70.5 Å². The molecule has 4 nitrogen and oxygen atoms in total. The average molecular weight is 173 g/mol. The van der Waals surface area contributed by atoms with Crippen LogP contribution in [0.2, 0.25) is 0 Å². The minimum absolute atomic E-state index is 0.0101. The first kappa shape index (κ1) is 8.26. The summed E-state index contributed by atoms with van der Waals surface area (Å²) in [5.74, 6) is 0.154. The molecule has 0 bridgehead atoms. The highest BCUT2D eigenvalue weighted by Crippen LogP contribution is 2.25. The Morgan fingerprint density at radius 3 is 2.45 bits per heavy atom. The molecule has 1 rings (SSSR count). The van der Waals surface area contributed by atoms with Gasteiger partial charge in [0.2, 0.25) is 5.91 Å². The number of carbonyl (C=O) groups is 1. The minimum atomic E-state index is -0.0101. The molecule has 0 aromatic heterocycles. The summed E-state index contributed by atoms with van der Waals surface area (Å²) in [7, 11) is 0. The van der Waals surface area contributed by atoms with Crippen LogP contribution in [0, 0.1) is 5.92 Å². The molecule has 0 unspecified atom stereocenters. The van der Waals surface area contributed by atoms with Crippen LogP contribution in [0.5, 0.6) is 0 Å². The van der Waals surface area contributed by atoms with Gasteiger partial charge >= 0.3 is 0 Å². The molecule has 0 heterocycles. The van der Waals surface area contributed by atoms with E-state index in [1.165, 1.54) is 0 Å². The van der Waals surface area contributed by atoms with Crippen molar-refractivity contribution in [3.8, 4) is 0 Å². The Balaban J connectivity index is 2.15. The molecule has 1 saturated carbocycles. The second-order valence-corrected chi connectivity index (χ2v) is 3.05. The Morgan fingerprint density at radius 2 is 2.09 bits per heavy atom. The third-order valence-electron chi connectivity index (χ3n) is 1.78. The van der Waals surface area contributed by atoms with Crippen LogP contribution in [0.4, 0.5) is 0 Å². The number of hydrazine groups is 1. The molecule has 0 aromatic rings. The van der Waals surface area contributed by atoms with E-state index in [4.69, 9.17) is 5.73 Å². The molecule has 1 aliphatic carbocycles. The van der Waals surface area contributed by atoms with Crippen molar-refractivity contribution in [3.63, 3.8) is 0 Å². The number of nitrogens with two attached hydrogens (primary N) is 1. The molecule has 1 fully saturated rings. The van der Waals surface area contributed by atoms with Crippen LogP contribution in [0.1, 0.15) is 19.3 Å². The highest BCUT2D eigenvalue weighted by atomic mass is 32.1. The van der Waals surface area contributed by atoms with Crippen LogP contribution in [0.25, 0.3) is 0 Å². The average Bonchev–Trinajstić information content (AvgIpc) is 1.79. The first-order valence-electron chi connectivity index (χ1n) is 3.55. The molecule has 11 heavy (non-hydrogen) atoms. The number of thiocarbonyl (C=S) groups is 1. The second kappa shape index (κ2) is 3.52. The standard InChI is InChI=1S/C6H11N3OS/c7-6(11)9-8-5(10)4-2-1-3-4/h4H,1-3H2,(H,8,10)(H3,7,9,11). The van der Waals surface area contributed by atoms with Crippen LogP contribution in [0.3, 0.4) is 0 Å². The monoisotopic (exact) mass is 173 g/mol. The lowest BCUT2D eigenvalue weighted by molar-refractivity contribution is -0.127. The van der Waals surface area contributed by atoms with Crippen LogP contribution in [0.15, 0.2) is 0 Å². The van der Waals surface area contributed by atoms with Gasteiger partial charge < -0.3 is 5.73 Å². The molecule has 0 aromatic carbocycles. The maximum atomic E-state index is 11.0. The van der Waals surface area contributed by atoms with E-state index < -0.39 is 0 Å². The van der Waals surface area contributed by atoms with Crippen molar-refractivity contribution in [1.82, 2.24) is 10.9 Å². The predicted octanol–water partition coefficient (Wildman–Crippen LogP) is -0.349. The van der Waals surface area contributed by atoms with Crippen molar-refractivity contribution in [2.75, 3.05) is 0 Å². The highest BCUT2D eigenvalue weighted by Gasteiger charge is 2.24. The van der Waals surface area contributed by atoms with Gasteiger partial charge in [-0.1, -0.05) is 6.42 Å². The third-order valence-corrected chi connectivity index (χ3v) is 1.89. The lowest BCUT2D eigenvalue weighted by atomic mass is 9.85. The van der Waals surface area contributed by atoms with E-state index in [2.05, 4.69) is 23.1 Å². The van der Waals surface area contributed by atoms with E-state index in [1.54, 1.807) is 0 Å². The summed E-state index contributed by atoms with van der Waals surface area (Å²) < 4.78 is 0. The zero-order valence-electron chi connectivity index (χ0n) is 6.09. The Bertz CT molecular complexity index is 179. The van der Waals surface area contributed by atoms with Crippen molar-refractivity contribution < 1.29 is 4.79 Å². The number of hydrogen-bond donors (Lipinski definition) is 3. The maximum absolute atomic E-state index is 11.0. The van der Waals surface area contributed by atoms with Crippen molar-refractivity contribution >= 4 is 23.2 Å². The molecular formula is C6H11N3OS. The van der Waals surface area contributed by atoms with Gasteiger partial charge in [0.1, 0.15) is 0 Å². The number of carbonyl (C=O) groups excluding carboxylic acids is 1.